The highest BCUT2D eigenvalue weighted by atomic mass is 79.9. The zero-order chi connectivity index (χ0) is 14.1. The van der Waals surface area contributed by atoms with E-state index in [4.69, 9.17) is 10.3 Å². The normalized spacial score (nSPS) is 22.9. The highest BCUT2D eigenvalue weighted by Gasteiger charge is 2.28. The maximum Gasteiger partial charge on any atom is 0.231 e. The van der Waals surface area contributed by atoms with Gasteiger partial charge in [-0.25, -0.2) is 0 Å². The van der Waals surface area contributed by atoms with Crippen LogP contribution < -0.4 is 5.73 Å². The molecule has 0 aliphatic heterocycles. The van der Waals surface area contributed by atoms with E-state index in [1.165, 1.54) is 18.4 Å². The Bertz CT molecular complexity index is 611. The summed E-state index contributed by atoms with van der Waals surface area (Å²) in [4.78, 5) is 4.55. The van der Waals surface area contributed by atoms with Gasteiger partial charge < -0.3 is 10.3 Å². The monoisotopic (exact) mass is 335 g/mol. The lowest BCUT2D eigenvalue weighted by Gasteiger charge is -2.25. The molecular formula is C15H18BrN3O. The number of aryl methyl sites for hydroxylation is 1. The second kappa shape index (κ2) is 5.66. The molecule has 2 aromatic rings. The van der Waals surface area contributed by atoms with Crippen LogP contribution in [0.2, 0.25) is 0 Å². The molecule has 1 heterocycles. The Hall–Kier alpha value is -1.20. The molecule has 1 fully saturated rings. The Labute approximate surface area is 126 Å². The van der Waals surface area contributed by atoms with Crippen molar-refractivity contribution in [2.75, 3.05) is 0 Å². The van der Waals surface area contributed by atoms with Crippen molar-refractivity contribution in [1.82, 2.24) is 10.1 Å². The van der Waals surface area contributed by atoms with Gasteiger partial charge in [0, 0.05) is 16.1 Å². The van der Waals surface area contributed by atoms with Crippen LogP contribution in [0.5, 0.6) is 0 Å². The predicted octanol–water partition coefficient (Wildman–Crippen LogP) is 3.79. The van der Waals surface area contributed by atoms with Gasteiger partial charge in [-0.15, -0.1) is 0 Å². The summed E-state index contributed by atoms with van der Waals surface area (Å²) in [5.74, 6) is 1.53. The second-order valence-electron chi connectivity index (χ2n) is 5.47. The molecule has 20 heavy (non-hydrogen) atoms. The number of benzene rings is 1. The third kappa shape index (κ3) is 2.65. The van der Waals surface area contributed by atoms with E-state index in [1.54, 1.807) is 0 Å². The molecule has 0 bridgehead atoms. The number of halogens is 1. The smallest absolute Gasteiger partial charge is 0.231 e. The first-order chi connectivity index (χ1) is 9.65. The minimum absolute atomic E-state index is 0.141. The van der Waals surface area contributed by atoms with Gasteiger partial charge >= 0.3 is 0 Å². The molecule has 106 valence electrons. The summed E-state index contributed by atoms with van der Waals surface area (Å²) in [6.07, 6.45) is 4.47. The largest absolute Gasteiger partial charge is 0.339 e. The fourth-order valence-corrected chi connectivity index (χ4v) is 3.08. The van der Waals surface area contributed by atoms with Gasteiger partial charge in [-0.2, -0.15) is 4.98 Å². The van der Waals surface area contributed by atoms with Crippen LogP contribution in [0.4, 0.5) is 0 Å². The molecule has 0 saturated heterocycles. The van der Waals surface area contributed by atoms with Crippen molar-refractivity contribution in [2.24, 2.45) is 5.73 Å². The molecule has 1 aromatic heterocycles. The average Bonchev–Trinajstić information content (AvgIpc) is 2.92. The van der Waals surface area contributed by atoms with Gasteiger partial charge in [-0.1, -0.05) is 46.1 Å². The SMILES string of the molecule is Cc1ccc(-c2noc(C3CCCCC3N)n2)cc1Br. The number of nitrogens with zero attached hydrogens (tertiary/aromatic N) is 2. The quantitative estimate of drug-likeness (QED) is 0.906. The van der Waals surface area contributed by atoms with Crippen molar-refractivity contribution in [3.63, 3.8) is 0 Å². The Morgan fingerprint density at radius 3 is 2.85 bits per heavy atom. The number of nitrogens with two attached hydrogens (primary N) is 1. The second-order valence-corrected chi connectivity index (χ2v) is 6.33. The van der Waals surface area contributed by atoms with Gasteiger partial charge in [0.25, 0.3) is 0 Å². The van der Waals surface area contributed by atoms with Crippen LogP contribution in [-0.2, 0) is 0 Å². The maximum absolute atomic E-state index is 6.17. The molecule has 1 saturated carbocycles. The lowest BCUT2D eigenvalue weighted by Crippen LogP contribution is -2.31. The summed E-state index contributed by atoms with van der Waals surface area (Å²) in [6.45, 7) is 2.05. The van der Waals surface area contributed by atoms with Gasteiger partial charge in [-0.3, -0.25) is 0 Å². The first-order valence-corrected chi connectivity index (χ1v) is 7.80. The molecule has 1 aliphatic carbocycles. The fraction of sp³-hybridized carbons (Fsp3) is 0.467. The lowest BCUT2D eigenvalue weighted by atomic mass is 9.85. The molecule has 5 heteroatoms. The summed E-state index contributed by atoms with van der Waals surface area (Å²) in [5, 5.41) is 4.10. The Kier molecular flexibility index (Phi) is 3.89. The fourth-order valence-electron chi connectivity index (χ4n) is 2.70. The van der Waals surface area contributed by atoms with Crippen LogP contribution in [0.25, 0.3) is 11.4 Å². The Balaban J connectivity index is 1.87. The first kappa shape index (κ1) is 13.8. The third-order valence-corrected chi connectivity index (χ3v) is 4.86. The van der Waals surface area contributed by atoms with Crippen LogP contribution in [0.1, 0.15) is 43.1 Å². The van der Waals surface area contributed by atoms with E-state index in [0.29, 0.717) is 11.7 Å². The van der Waals surface area contributed by atoms with Crippen LogP contribution >= 0.6 is 15.9 Å². The van der Waals surface area contributed by atoms with Crippen LogP contribution in [0.3, 0.4) is 0 Å². The maximum atomic E-state index is 6.17. The molecule has 0 spiro atoms. The molecule has 2 atom stereocenters. The van der Waals surface area contributed by atoms with Crippen molar-refractivity contribution < 1.29 is 4.52 Å². The van der Waals surface area contributed by atoms with Gasteiger partial charge in [0.05, 0.1) is 5.92 Å². The lowest BCUT2D eigenvalue weighted by molar-refractivity contribution is 0.290. The zero-order valence-electron chi connectivity index (χ0n) is 11.5. The highest BCUT2D eigenvalue weighted by molar-refractivity contribution is 9.10. The predicted molar refractivity (Wildman–Crippen MR) is 81.4 cm³/mol. The van der Waals surface area contributed by atoms with E-state index < -0.39 is 0 Å². The highest BCUT2D eigenvalue weighted by Crippen LogP contribution is 2.32. The van der Waals surface area contributed by atoms with E-state index >= 15 is 0 Å². The Morgan fingerprint density at radius 2 is 2.10 bits per heavy atom. The summed E-state index contributed by atoms with van der Waals surface area (Å²) in [6, 6.07) is 6.21. The molecule has 1 aromatic carbocycles. The summed E-state index contributed by atoms with van der Waals surface area (Å²) >= 11 is 3.53. The van der Waals surface area contributed by atoms with Gasteiger partial charge in [-0.05, 0) is 31.4 Å². The molecule has 3 rings (SSSR count). The first-order valence-electron chi connectivity index (χ1n) is 7.01. The number of aromatic nitrogens is 2. The summed E-state index contributed by atoms with van der Waals surface area (Å²) in [7, 11) is 0. The number of hydrogen-bond acceptors (Lipinski definition) is 4. The van der Waals surface area contributed by atoms with E-state index in [2.05, 4.69) is 33.0 Å². The summed E-state index contributed by atoms with van der Waals surface area (Å²) < 4.78 is 6.49. The molecule has 2 unspecified atom stereocenters. The minimum atomic E-state index is 0.141. The molecule has 0 amide bonds. The van der Waals surface area contributed by atoms with E-state index in [0.717, 1.165) is 22.9 Å². The minimum Gasteiger partial charge on any atom is -0.339 e. The number of hydrogen-bond donors (Lipinski definition) is 1. The van der Waals surface area contributed by atoms with Gasteiger partial charge in [0.1, 0.15) is 0 Å². The molecule has 0 radical (unpaired) electrons. The van der Waals surface area contributed by atoms with E-state index in [1.807, 2.05) is 18.2 Å². The zero-order valence-corrected chi connectivity index (χ0v) is 13.1. The topological polar surface area (TPSA) is 64.9 Å². The van der Waals surface area contributed by atoms with Gasteiger partial charge in [0.2, 0.25) is 11.7 Å². The van der Waals surface area contributed by atoms with Crippen molar-refractivity contribution in [1.29, 1.82) is 0 Å². The van der Waals surface area contributed by atoms with Crippen LogP contribution in [0, 0.1) is 6.92 Å². The molecular weight excluding hydrogens is 318 g/mol. The Morgan fingerprint density at radius 1 is 1.30 bits per heavy atom. The van der Waals surface area contributed by atoms with Crippen molar-refractivity contribution >= 4 is 15.9 Å². The van der Waals surface area contributed by atoms with Crippen LogP contribution in [0.15, 0.2) is 27.2 Å². The van der Waals surface area contributed by atoms with E-state index in [9.17, 15) is 0 Å². The van der Waals surface area contributed by atoms with E-state index in [-0.39, 0.29) is 12.0 Å². The average molecular weight is 336 g/mol. The standard InChI is InChI=1S/C15H18BrN3O/c1-9-6-7-10(8-12(9)16)14-18-15(20-19-14)11-4-2-3-5-13(11)17/h6-8,11,13H,2-5,17H2,1H3. The third-order valence-electron chi connectivity index (χ3n) is 4.01. The summed E-state index contributed by atoms with van der Waals surface area (Å²) in [5.41, 5.74) is 8.31. The molecule has 4 nitrogen and oxygen atoms in total. The van der Waals surface area contributed by atoms with Crippen molar-refractivity contribution in [3.05, 3.63) is 34.1 Å². The van der Waals surface area contributed by atoms with Gasteiger partial charge in [0.15, 0.2) is 0 Å². The molecule has 1 aliphatic rings. The molecule has 2 N–H and O–H groups in total. The van der Waals surface area contributed by atoms with Crippen LogP contribution in [-0.4, -0.2) is 16.2 Å². The number of rotatable bonds is 2. The van der Waals surface area contributed by atoms with Crippen molar-refractivity contribution in [3.8, 4) is 11.4 Å². The van der Waals surface area contributed by atoms with Crippen molar-refractivity contribution in [2.45, 2.75) is 44.6 Å².